The third-order valence-electron chi connectivity index (χ3n) is 2.60. The third-order valence-corrected chi connectivity index (χ3v) is 2.60. The van der Waals surface area contributed by atoms with Gasteiger partial charge in [0.1, 0.15) is 0 Å². The van der Waals surface area contributed by atoms with E-state index in [0.29, 0.717) is 0 Å². The average Bonchev–Trinajstić information content (AvgIpc) is 2.39. The summed E-state index contributed by atoms with van der Waals surface area (Å²) < 4.78 is 0. The molecule has 9 heavy (non-hydrogen) atoms. The van der Waals surface area contributed by atoms with Gasteiger partial charge in [0.15, 0.2) is 0 Å². The molecule has 0 aromatic heterocycles. The normalized spacial score (nSPS) is 34.0. The molecule has 0 saturated heterocycles. The van der Waals surface area contributed by atoms with Gasteiger partial charge in [-0.2, -0.15) is 0 Å². The summed E-state index contributed by atoms with van der Waals surface area (Å²) in [5.41, 5.74) is 0. The molecule has 0 nitrogen and oxygen atoms in total. The van der Waals surface area contributed by atoms with E-state index in [0.717, 1.165) is 23.7 Å². The van der Waals surface area contributed by atoms with Gasteiger partial charge in [-0.1, -0.05) is 27.7 Å². The average molecular weight is 126 g/mol. The summed E-state index contributed by atoms with van der Waals surface area (Å²) in [4.78, 5) is 0. The van der Waals surface area contributed by atoms with Crippen LogP contribution in [0.1, 0.15) is 34.1 Å². The molecular formula is C9H18. The van der Waals surface area contributed by atoms with E-state index in [4.69, 9.17) is 0 Å². The Bertz CT molecular complexity index is 80.2. The van der Waals surface area contributed by atoms with Gasteiger partial charge in [-0.05, 0) is 30.1 Å². The molecular weight excluding hydrogens is 108 g/mol. The van der Waals surface area contributed by atoms with Gasteiger partial charge in [0.05, 0.1) is 0 Å². The Morgan fingerprint density at radius 1 is 0.889 bits per heavy atom. The largest absolute Gasteiger partial charge is 0.0625 e. The smallest absolute Gasteiger partial charge is 0.0357 e. The van der Waals surface area contributed by atoms with E-state index in [1.165, 1.54) is 6.42 Å². The van der Waals surface area contributed by atoms with Crippen LogP contribution in [-0.2, 0) is 0 Å². The molecule has 1 rings (SSSR count). The Morgan fingerprint density at radius 2 is 1.22 bits per heavy atom. The highest BCUT2D eigenvalue weighted by atomic mass is 14.5. The molecule has 0 amide bonds. The summed E-state index contributed by atoms with van der Waals surface area (Å²) >= 11 is 0. The van der Waals surface area contributed by atoms with Crippen LogP contribution in [0.3, 0.4) is 0 Å². The van der Waals surface area contributed by atoms with Crippen molar-refractivity contribution in [2.45, 2.75) is 34.1 Å². The summed E-state index contributed by atoms with van der Waals surface area (Å²) in [7, 11) is 0. The van der Waals surface area contributed by atoms with Gasteiger partial charge in [-0.15, -0.1) is 0 Å². The molecule has 0 heterocycles. The van der Waals surface area contributed by atoms with Crippen molar-refractivity contribution in [2.24, 2.45) is 23.7 Å². The Kier molecular flexibility index (Phi) is 1.83. The maximum absolute atomic E-state index is 2.34. The zero-order valence-corrected chi connectivity index (χ0v) is 7.02. The zero-order chi connectivity index (χ0) is 7.02. The van der Waals surface area contributed by atoms with Crippen molar-refractivity contribution in [3.05, 3.63) is 0 Å². The monoisotopic (exact) mass is 126 g/mol. The molecule has 1 aliphatic rings. The van der Waals surface area contributed by atoms with Gasteiger partial charge >= 0.3 is 0 Å². The van der Waals surface area contributed by atoms with Crippen LogP contribution in [0, 0.1) is 23.7 Å². The summed E-state index contributed by atoms with van der Waals surface area (Å²) in [6.45, 7) is 9.36. The minimum Gasteiger partial charge on any atom is -0.0625 e. The molecule has 0 aromatic carbocycles. The quantitative estimate of drug-likeness (QED) is 0.533. The second-order valence-corrected chi connectivity index (χ2v) is 4.05. The summed E-state index contributed by atoms with van der Waals surface area (Å²) in [6.07, 6.45) is 1.50. The Hall–Kier alpha value is 0. The van der Waals surface area contributed by atoms with Gasteiger partial charge in [0.25, 0.3) is 0 Å². The Balaban J connectivity index is 2.24. The van der Waals surface area contributed by atoms with E-state index in [2.05, 4.69) is 27.7 Å². The molecule has 0 bridgehead atoms. The fourth-order valence-corrected chi connectivity index (χ4v) is 1.77. The van der Waals surface area contributed by atoms with E-state index in [1.54, 1.807) is 0 Å². The SMILES string of the molecule is CC(C)C1C[C@@H]1C(C)C. The van der Waals surface area contributed by atoms with E-state index in [1.807, 2.05) is 0 Å². The lowest BCUT2D eigenvalue weighted by Crippen LogP contribution is -1.97. The molecule has 0 aromatic rings. The number of hydrogen-bond acceptors (Lipinski definition) is 0. The Morgan fingerprint density at radius 3 is 1.33 bits per heavy atom. The van der Waals surface area contributed by atoms with Gasteiger partial charge in [-0.3, -0.25) is 0 Å². The second kappa shape index (κ2) is 2.32. The van der Waals surface area contributed by atoms with Crippen molar-refractivity contribution in [1.82, 2.24) is 0 Å². The lowest BCUT2D eigenvalue weighted by Gasteiger charge is -2.04. The van der Waals surface area contributed by atoms with Crippen LogP contribution in [0.25, 0.3) is 0 Å². The van der Waals surface area contributed by atoms with E-state index < -0.39 is 0 Å². The summed E-state index contributed by atoms with van der Waals surface area (Å²) in [6, 6.07) is 0. The van der Waals surface area contributed by atoms with E-state index in [9.17, 15) is 0 Å². The molecule has 54 valence electrons. The van der Waals surface area contributed by atoms with Crippen molar-refractivity contribution in [1.29, 1.82) is 0 Å². The first-order chi connectivity index (χ1) is 4.13. The maximum atomic E-state index is 2.34. The molecule has 1 unspecified atom stereocenters. The predicted octanol–water partition coefficient (Wildman–Crippen LogP) is 2.93. The molecule has 0 spiro atoms. The van der Waals surface area contributed by atoms with Gasteiger partial charge in [-0.25, -0.2) is 0 Å². The first-order valence-electron chi connectivity index (χ1n) is 4.13. The van der Waals surface area contributed by atoms with Crippen molar-refractivity contribution in [3.63, 3.8) is 0 Å². The predicted molar refractivity (Wildman–Crippen MR) is 41.3 cm³/mol. The molecule has 1 saturated carbocycles. The van der Waals surface area contributed by atoms with Crippen molar-refractivity contribution in [3.8, 4) is 0 Å². The zero-order valence-electron chi connectivity index (χ0n) is 7.02. The minimum atomic E-state index is 0.928. The van der Waals surface area contributed by atoms with Crippen LogP contribution in [0.15, 0.2) is 0 Å². The fraction of sp³-hybridized carbons (Fsp3) is 1.00. The Labute approximate surface area is 58.7 Å². The van der Waals surface area contributed by atoms with Crippen LogP contribution in [-0.4, -0.2) is 0 Å². The maximum Gasteiger partial charge on any atom is -0.0357 e. The molecule has 2 atom stereocenters. The van der Waals surface area contributed by atoms with Gasteiger partial charge in [0.2, 0.25) is 0 Å². The van der Waals surface area contributed by atoms with Gasteiger partial charge < -0.3 is 0 Å². The van der Waals surface area contributed by atoms with Crippen LogP contribution in [0.2, 0.25) is 0 Å². The van der Waals surface area contributed by atoms with Crippen molar-refractivity contribution < 1.29 is 0 Å². The number of hydrogen-bond donors (Lipinski definition) is 0. The molecule has 0 N–H and O–H groups in total. The van der Waals surface area contributed by atoms with Crippen LogP contribution >= 0.6 is 0 Å². The van der Waals surface area contributed by atoms with Gasteiger partial charge in [0, 0.05) is 0 Å². The van der Waals surface area contributed by atoms with Crippen molar-refractivity contribution >= 4 is 0 Å². The molecule has 1 aliphatic carbocycles. The minimum absolute atomic E-state index is 0.928. The lowest BCUT2D eigenvalue weighted by molar-refractivity contribution is 0.448. The second-order valence-electron chi connectivity index (χ2n) is 4.05. The van der Waals surface area contributed by atoms with E-state index >= 15 is 0 Å². The van der Waals surface area contributed by atoms with Crippen LogP contribution < -0.4 is 0 Å². The summed E-state index contributed by atoms with van der Waals surface area (Å²) in [5.74, 6) is 3.98. The molecule has 1 fully saturated rings. The fourth-order valence-electron chi connectivity index (χ4n) is 1.77. The molecule has 0 radical (unpaired) electrons. The number of rotatable bonds is 2. The first kappa shape index (κ1) is 7.11. The highest BCUT2D eigenvalue weighted by Crippen LogP contribution is 2.48. The van der Waals surface area contributed by atoms with Crippen molar-refractivity contribution in [2.75, 3.05) is 0 Å². The van der Waals surface area contributed by atoms with Crippen LogP contribution in [0.4, 0.5) is 0 Å². The standard InChI is InChI=1S/C9H18/c1-6(2)8-5-9(8)7(3)4/h6-9H,5H2,1-4H3/t8-,9?/m1/s1. The highest BCUT2D eigenvalue weighted by Gasteiger charge is 2.40. The van der Waals surface area contributed by atoms with E-state index in [-0.39, 0.29) is 0 Å². The first-order valence-corrected chi connectivity index (χ1v) is 4.13. The topological polar surface area (TPSA) is 0 Å². The lowest BCUT2D eigenvalue weighted by atomic mass is 10.0. The summed E-state index contributed by atoms with van der Waals surface area (Å²) in [5, 5.41) is 0. The molecule has 0 aliphatic heterocycles. The highest BCUT2D eigenvalue weighted by molar-refractivity contribution is 4.89. The third kappa shape index (κ3) is 1.47. The van der Waals surface area contributed by atoms with Crippen LogP contribution in [0.5, 0.6) is 0 Å². The molecule has 0 heteroatoms.